The normalized spacial score (nSPS) is 23.9. The number of ketones is 1. The molecular weight excluding hydrogens is 360 g/mol. The maximum absolute atomic E-state index is 12.8. The molecule has 0 radical (unpaired) electrons. The van der Waals surface area contributed by atoms with Crippen LogP contribution in [0.15, 0.2) is 35.6 Å². The van der Waals surface area contributed by atoms with Crippen molar-refractivity contribution in [1.82, 2.24) is 14.9 Å². The van der Waals surface area contributed by atoms with Crippen LogP contribution in [-0.2, 0) is 17.8 Å². The van der Waals surface area contributed by atoms with Crippen LogP contribution in [-0.4, -0.2) is 46.5 Å². The number of rotatable bonds is 6. The maximum atomic E-state index is 12.8. The Morgan fingerprint density at radius 1 is 1.21 bits per heavy atom. The van der Waals surface area contributed by atoms with Crippen molar-refractivity contribution in [3.63, 3.8) is 0 Å². The molecule has 2 aromatic heterocycles. The Balaban J connectivity index is 1.26. The highest BCUT2D eigenvalue weighted by Crippen LogP contribution is 2.44. The van der Waals surface area contributed by atoms with Crippen molar-refractivity contribution < 1.29 is 4.79 Å². The van der Waals surface area contributed by atoms with Gasteiger partial charge in [-0.25, -0.2) is 0 Å². The Morgan fingerprint density at radius 2 is 2.07 bits per heavy atom. The highest BCUT2D eigenvalue weighted by atomic mass is 16.1. The molecule has 5 rings (SSSR count). The van der Waals surface area contributed by atoms with E-state index in [-0.39, 0.29) is 0 Å². The zero-order valence-electron chi connectivity index (χ0n) is 17.3. The van der Waals surface area contributed by atoms with E-state index in [4.69, 9.17) is 4.99 Å². The average Bonchev–Trinajstić information content (AvgIpc) is 3.34. The van der Waals surface area contributed by atoms with Gasteiger partial charge in [-0.1, -0.05) is 0 Å². The predicted molar refractivity (Wildman–Crippen MR) is 113 cm³/mol. The van der Waals surface area contributed by atoms with E-state index >= 15 is 0 Å². The topological polar surface area (TPSA) is 58.5 Å². The summed E-state index contributed by atoms with van der Waals surface area (Å²) in [7, 11) is 2.18. The molecule has 1 aliphatic carbocycles. The van der Waals surface area contributed by atoms with Crippen LogP contribution in [0.1, 0.15) is 47.3 Å². The van der Waals surface area contributed by atoms with E-state index in [0.717, 1.165) is 53.2 Å². The number of nitrogens with zero attached hydrogens (tertiary/aromatic N) is 4. The minimum absolute atomic E-state index is 0.326. The quantitative estimate of drug-likeness (QED) is 0.762. The third-order valence-electron chi connectivity index (χ3n) is 6.65. The zero-order chi connectivity index (χ0) is 20.0. The van der Waals surface area contributed by atoms with Crippen molar-refractivity contribution >= 4 is 11.5 Å². The number of aliphatic imine (C=N–C) groups is 1. The van der Waals surface area contributed by atoms with E-state index < -0.39 is 0 Å². The third-order valence-corrected chi connectivity index (χ3v) is 6.65. The summed E-state index contributed by atoms with van der Waals surface area (Å²) >= 11 is 0. The van der Waals surface area contributed by atoms with E-state index in [1.165, 1.54) is 18.4 Å². The van der Waals surface area contributed by atoms with Crippen LogP contribution in [0.5, 0.6) is 0 Å². The van der Waals surface area contributed by atoms with Crippen molar-refractivity contribution in [1.29, 1.82) is 0 Å². The summed E-state index contributed by atoms with van der Waals surface area (Å²) in [6, 6.07) is 6.13. The molecule has 3 aliphatic rings. The molecule has 5 heteroatoms. The molecule has 2 aliphatic heterocycles. The number of hydrogen-bond acceptors (Lipinski definition) is 5. The average molecular weight is 389 g/mol. The van der Waals surface area contributed by atoms with Gasteiger partial charge in [0.25, 0.3) is 0 Å². The molecule has 2 atom stereocenters. The van der Waals surface area contributed by atoms with Crippen LogP contribution >= 0.6 is 0 Å². The highest BCUT2D eigenvalue weighted by Gasteiger charge is 2.41. The fourth-order valence-electron chi connectivity index (χ4n) is 5.14. The van der Waals surface area contributed by atoms with Crippen LogP contribution in [0.25, 0.3) is 0 Å². The van der Waals surface area contributed by atoms with E-state index in [9.17, 15) is 4.79 Å². The number of carbonyl (C=O) groups is 1. The second-order valence-corrected chi connectivity index (χ2v) is 9.09. The van der Waals surface area contributed by atoms with Crippen LogP contribution < -0.4 is 0 Å². The molecule has 0 amide bonds. The summed E-state index contributed by atoms with van der Waals surface area (Å²) in [6.07, 6.45) is 7.57. The van der Waals surface area contributed by atoms with E-state index in [0.29, 0.717) is 31.1 Å². The van der Waals surface area contributed by atoms with Crippen molar-refractivity contribution in [2.24, 2.45) is 22.7 Å². The van der Waals surface area contributed by atoms with Crippen molar-refractivity contribution in [2.45, 2.75) is 39.2 Å². The smallest absolute Gasteiger partial charge is 0.139 e. The lowest BCUT2D eigenvalue weighted by molar-refractivity contribution is -0.119. The number of hydrogen-bond donors (Lipinski definition) is 0. The fraction of sp³-hybridized carbons (Fsp3) is 0.500. The minimum atomic E-state index is 0.326. The Morgan fingerprint density at radius 3 is 2.86 bits per heavy atom. The first-order valence-electron chi connectivity index (χ1n) is 10.7. The Kier molecular flexibility index (Phi) is 4.78. The molecule has 29 heavy (non-hydrogen) atoms. The van der Waals surface area contributed by atoms with Crippen LogP contribution in [0.3, 0.4) is 0 Å². The minimum Gasteiger partial charge on any atom is -0.306 e. The highest BCUT2D eigenvalue weighted by molar-refractivity contribution is 6.15. The number of aryl methyl sites for hydroxylation is 1. The van der Waals surface area contributed by atoms with Gasteiger partial charge in [0.2, 0.25) is 0 Å². The van der Waals surface area contributed by atoms with Gasteiger partial charge >= 0.3 is 0 Å². The second-order valence-electron chi connectivity index (χ2n) is 9.09. The summed E-state index contributed by atoms with van der Waals surface area (Å²) in [5.41, 5.74) is 6.18. The molecule has 0 unspecified atom stereocenters. The Hall–Kier alpha value is -2.40. The largest absolute Gasteiger partial charge is 0.306 e. The summed E-state index contributed by atoms with van der Waals surface area (Å²) in [5.74, 6) is 2.44. The molecule has 1 saturated heterocycles. The van der Waals surface area contributed by atoms with Gasteiger partial charge in [0.1, 0.15) is 5.78 Å². The van der Waals surface area contributed by atoms with Gasteiger partial charge in [0.15, 0.2) is 0 Å². The Labute approximate surface area is 172 Å². The summed E-state index contributed by atoms with van der Waals surface area (Å²) < 4.78 is 0. The monoisotopic (exact) mass is 388 g/mol. The second kappa shape index (κ2) is 7.45. The molecule has 1 saturated carbocycles. The van der Waals surface area contributed by atoms with Crippen molar-refractivity contribution in [2.75, 3.05) is 20.1 Å². The first kappa shape index (κ1) is 18.6. The van der Waals surface area contributed by atoms with Crippen molar-refractivity contribution in [3.8, 4) is 0 Å². The number of aromatic nitrogens is 2. The molecule has 0 bridgehead atoms. The standard InChI is InChI=1S/C24H28N4O/c1-15-7-17(5-6-25-15)24-22-12-26-20(8-18(22)11-27-24)10-21(29)9-19-13-28(2)14-23(19)16-3-4-16/h5-8,12,16,19,23H,3-4,9-11,13-14H2,1-2H3/t19-,23+/m0/s1. The fourth-order valence-corrected chi connectivity index (χ4v) is 5.14. The first-order valence-corrected chi connectivity index (χ1v) is 10.7. The molecular formula is C24H28N4O. The number of Topliss-reactive ketones (excluding diaryl/α,β-unsaturated/α-hetero) is 1. The molecule has 2 aromatic rings. The van der Waals surface area contributed by atoms with E-state index in [1.807, 2.05) is 25.4 Å². The van der Waals surface area contributed by atoms with Gasteiger partial charge in [-0.3, -0.25) is 19.8 Å². The number of fused-ring (bicyclic) bond motifs is 1. The van der Waals surface area contributed by atoms with Crippen molar-refractivity contribution in [3.05, 3.63) is 58.7 Å². The number of carbonyl (C=O) groups excluding carboxylic acids is 1. The van der Waals surface area contributed by atoms with Gasteiger partial charge in [-0.2, -0.15) is 0 Å². The lowest BCUT2D eigenvalue weighted by atomic mass is 9.87. The van der Waals surface area contributed by atoms with Crippen LogP contribution in [0.2, 0.25) is 0 Å². The molecule has 2 fully saturated rings. The van der Waals surface area contributed by atoms with E-state index in [2.05, 4.69) is 34.0 Å². The first-order chi connectivity index (χ1) is 14.1. The van der Waals surface area contributed by atoms with Crippen LogP contribution in [0, 0.1) is 24.7 Å². The predicted octanol–water partition coefficient (Wildman–Crippen LogP) is 3.23. The van der Waals surface area contributed by atoms with Gasteiger partial charge in [0.05, 0.1) is 12.3 Å². The number of likely N-dealkylation sites (tertiary alicyclic amines) is 1. The molecule has 150 valence electrons. The third kappa shape index (κ3) is 3.88. The summed E-state index contributed by atoms with van der Waals surface area (Å²) in [4.78, 5) is 28.8. The molecule has 5 nitrogen and oxygen atoms in total. The van der Waals surface area contributed by atoms with Gasteiger partial charge in [-0.05, 0) is 68.3 Å². The summed E-state index contributed by atoms with van der Waals surface area (Å²) in [6.45, 7) is 4.87. The molecule has 0 aromatic carbocycles. The maximum Gasteiger partial charge on any atom is 0.139 e. The molecule has 4 heterocycles. The Bertz CT molecular complexity index is 979. The summed E-state index contributed by atoms with van der Waals surface area (Å²) in [5, 5.41) is 0. The van der Waals surface area contributed by atoms with Crippen LogP contribution in [0.4, 0.5) is 0 Å². The lowest BCUT2D eigenvalue weighted by Crippen LogP contribution is -2.20. The van der Waals surface area contributed by atoms with E-state index in [1.54, 1.807) is 0 Å². The van der Waals surface area contributed by atoms with Gasteiger partial charge in [0, 0.05) is 60.8 Å². The number of pyridine rings is 2. The lowest BCUT2D eigenvalue weighted by Gasteiger charge is -2.17. The van der Waals surface area contributed by atoms with Gasteiger partial charge < -0.3 is 4.90 Å². The SMILES string of the molecule is Cc1cc(C2=NCc3cc(CC(=O)C[C@H]4CN(C)C[C@@H]4C4CC4)ncc32)ccn1. The zero-order valence-corrected chi connectivity index (χ0v) is 17.3. The molecule has 0 N–H and O–H groups in total. The van der Waals surface area contributed by atoms with Gasteiger partial charge in [-0.15, -0.1) is 0 Å². The molecule has 0 spiro atoms.